The number of halogens is 2. The average molecular weight is 395 g/mol. The number of nitrogens with zero attached hydrogens (tertiary/aromatic N) is 3. The zero-order valence-electron chi connectivity index (χ0n) is 15.9. The van der Waals surface area contributed by atoms with E-state index in [0.717, 1.165) is 6.07 Å². The lowest BCUT2D eigenvalue weighted by Gasteiger charge is -2.50. The second kappa shape index (κ2) is 8.20. The molecule has 0 bridgehead atoms. The first-order chi connectivity index (χ1) is 13.0. The number of hydrogen-bond acceptors (Lipinski definition) is 5. The van der Waals surface area contributed by atoms with Gasteiger partial charge in [0.1, 0.15) is 17.7 Å². The summed E-state index contributed by atoms with van der Waals surface area (Å²) in [6.45, 7) is 5.11. The Morgan fingerprint density at radius 3 is 2.39 bits per heavy atom. The maximum Gasteiger partial charge on any atom is 0.407 e. The van der Waals surface area contributed by atoms with Crippen LogP contribution in [0.2, 0.25) is 0 Å². The number of piperazine rings is 1. The largest absolute Gasteiger partial charge is 0.465 e. The number of Topliss-reactive ketones (excluding diaryl/α,β-unsaturated/α-hetero) is 1. The predicted octanol–water partition coefficient (Wildman–Crippen LogP) is 2.09. The fourth-order valence-corrected chi connectivity index (χ4v) is 3.74. The monoisotopic (exact) mass is 395 g/mol. The minimum atomic E-state index is -1.12. The lowest BCUT2D eigenvalue weighted by Crippen LogP contribution is -2.66. The van der Waals surface area contributed by atoms with Crippen molar-refractivity contribution < 1.29 is 28.6 Å². The molecule has 1 aromatic rings. The topological polar surface area (TPSA) is 105 Å². The van der Waals surface area contributed by atoms with E-state index in [2.05, 4.69) is 0 Å². The molecule has 0 aromatic heterocycles. The molecule has 1 saturated heterocycles. The maximum absolute atomic E-state index is 14.1. The van der Waals surface area contributed by atoms with Crippen molar-refractivity contribution in [1.29, 1.82) is 5.26 Å². The number of hydrogen-bond donors (Lipinski definition) is 2. The third-order valence-electron chi connectivity index (χ3n) is 4.94. The predicted molar refractivity (Wildman–Crippen MR) is 95.8 cm³/mol. The Kier molecular flexibility index (Phi) is 6.37. The van der Waals surface area contributed by atoms with Crippen LogP contribution >= 0.6 is 0 Å². The Morgan fingerprint density at radius 2 is 1.89 bits per heavy atom. The first-order valence-corrected chi connectivity index (χ1v) is 8.78. The van der Waals surface area contributed by atoms with Crippen molar-refractivity contribution in [2.45, 2.75) is 32.9 Å². The van der Waals surface area contributed by atoms with Crippen molar-refractivity contribution in [2.75, 3.05) is 26.2 Å². The van der Waals surface area contributed by atoms with Crippen LogP contribution in [0.1, 0.15) is 36.7 Å². The fraction of sp³-hybridized carbons (Fsp3) is 0.526. The van der Waals surface area contributed by atoms with E-state index < -0.39 is 58.7 Å². The number of benzene rings is 1. The molecule has 0 radical (unpaired) electrons. The van der Waals surface area contributed by atoms with Gasteiger partial charge in [-0.05, 0) is 11.5 Å². The molecule has 0 saturated carbocycles. The second-order valence-electron chi connectivity index (χ2n) is 7.85. The first kappa shape index (κ1) is 21.7. The molecule has 1 aliphatic heterocycles. The summed E-state index contributed by atoms with van der Waals surface area (Å²) in [5, 5.41) is 28.3. The molecule has 9 heteroatoms. The number of amides is 1. The molecule has 1 fully saturated rings. The van der Waals surface area contributed by atoms with Crippen molar-refractivity contribution in [3.05, 3.63) is 34.9 Å². The van der Waals surface area contributed by atoms with Gasteiger partial charge in [0, 0.05) is 19.2 Å². The fourth-order valence-electron chi connectivity index (χ4n) is 3.74. The highest BCUT2D eigenvalue weighted by molar-refractivity contribution is 5.98. The quantitative estimate of drug-likeness (QED) is 0.757. The van der Waals surface area contributed by atoms with Gasteiger partial charge in [-0.1, -0.05) is 20.8 Å². The highest BCUT2D eigenvalue weighted by atomic mass is 19.1. The molecule has 1 unspecified atom stereocenters. The lowest BCUT2D eigenvalue weighted by molar-refractivity contribution is -0.0375. The van der Waals surface area contributed by atoms with Crippen LogP contribution in [0.3, 0.4) is 0 Å². The van der Waals surface area contributed by atoms with E-state index in [1.165, 1.54) is 4.90 Å². The van der Waals surface area contributed by atoms with Crippen LogP contribution in [-0.4, -0.2) is 70.2 Å². The standard InChI is InChI=1S/C19H23F2N3O4/c1-19(2,3)17-15(10-25)23(4-5-24(17)18(27)28)9-16(26)12-6-11(8-22)13(20)7-14(12)21/h6-7,15,17,25H,4-5,9-10H2,1-3H3,(H,27,28)/t15-,17?/m1/s1. The number of ketones is 1. The Labute approximate surface area is 161 Å². The normalized spacial score (nSPS) is 20.7. The van der Waals surface area contributed by atoms with Crippen molar-refractivity contribution in [2.24, 2.45) is 5.41 Å². The van der Waals surface area contributed by atoms with Crippen LogP contribution in [-0.2, 0) is 0 Å². The van der Waals surface area contributed by atoms with Crippen LogP contribution in [0.25, 0.3) is 0 Å². The van der Waals surface area contributed by atoms with E-state index in [9.17, 15) is 28.6 Å². The van der Waals surface area contributed by atoms with E-state index in [1.807, 2.05) is 20.8 Å². The van der Waals surface area contributed by atoms with Crippen molar-refractivity contribution in [1.82, 2.24) is 9.80 Å². The molecule has 2 rings (SSSR count). The third kappa shape index (κ3) is 4.29. The molecule has 7 nitrogen and oxygen atoms in total. The van der Waals surface area contributed by atoms with Gasteiger partial charge in [-0.3, -0.25) is 9.69 Å². The van der Waals surface area contributed by atoms with Gasteiger partial charge >= 0.3 is 6.09 Å². The van der Waals surface area contributed by atoms with Gasteiger partial charge in [0.2, 0.25) is 0 Å². The molecule has 1 heterocycles. The van der Waals surface area contributed by atoms with Gasteiger partial charge in [0.25, 0.3) is 0 Å². The van der Waals surface area contributed by atoms with Gasteiger partial charge in [-0.25, -0.2) is 13.6 Å². The molecule has 1 amide bonds. The Balaban J connectivity index is 2.32. The van der Waals surface area contributed by atoms with Crippen LogP contribution < -0.4 is 0 Å². The summed E-state index contributed by atoms with van der Waals surface area (Å²) in [4.78, 5) is 27.1. The van der Waals surface area contributed by atoms with E-state index in [-0.39, 0.29) is 19.6 Å². The minimum Gasteiger partial charge on any atom is -0.465 e. The van der Waals surface area contributed by atoms with E-state index >= 15 is 0 Å². The number of aliphatic hydroxyl groups excluding tert-OH is 1. The van der Waals surface area contributed by atoms with Gasteiger partial charge in [-0.15, -0.1) is 0 Å². The first-order valence-electron chi connectivity index (χ1n) is 8.78. The van der Waals surface area contributed by atoms with Gasteiger partial charge in [0.15, 0.2) is 5.78 Å². The van der Waals surface area contributed by atoms with E-state index in [1.54, 1.807) is 11.0 Å². The maximum atomic E-state index is 14.1. The molecule has 1 aromatic carbocycles. The molecule has 28 heavy (non-hydrogen) atoms. The van der Waals surface area contributed by atoms with Gasteiger partial charge in [0.05, 0.1) is 36.4 Å². The Bertz CT molecular complexity index is 817. The molecule has 2 atom stereocenters. The number of carbonyl (C=O) groups is 2. The summed E-state index contributed by atoms with van der Waals surface area (Å²) in [7, 11) is 0. The van der Waals surface area contributed by atoms with Crippen LogP contribution in [0, 0.1) is 28.4 Å². The van der Waals surface area contributed by atoms with E-state index in [4.69, 9.17) is 5.26 Å². The van der Waals surface area contributed by atoms with Crippen LogP contribution in [0.15, 0.2) is 12.1 Å². The van der Waals surface area contributed by atoms with Gasteiger partial charge < -0.3 is 15.1 Å². The summed E-state index contributed by atoms with van der Waals surface area (Å²) in [5.74, 6) is -2.80. The van der Waals surface area contributed by atoms with Crippen LogP contribution in [0.4, 0.5) is 13.6 Å². The van der Waals surface area contributed by atoms with Crippen molar-refractivity contribution in [3.63, 3.8) is 0 Å². The minimum absolute atomic E-state index is 0.121. The molecule has 1 aliphatic rings. The molecule has 0 aliphatic carbocycles. The number of rotatable bonds is 4. The second-order valence-corrected chi connectivity index (χ2v) is 7.85. The highest BCUT2D eigenvalue weighted by Gasteiger charge is 2.45. The molecule has 0 spiro atoms. The smallest absolute Gasteiger partial charge is 0.407 e. The zero-order valence-corrected chi connectivity index (χ0v) is 15.9. The van der Waals surface area contributed by atoms with Gasteiger partial charge in [-0.2, -0.15) is 5.26 Å². The van der Waals surface area contributed by atoms with Crippen molar-refractivity contribution in [3.8, 4) is 6.07 Å². The summed E-state index contributed by atoms with van der Waals surface area (Å²) >= 11 is 0. The summed E-state index contributed by atoms with van der Waals surface area (Å²) in [6, 6.07) is 1.67. The third-order valence-corrected chi connectivity index (χ3v) is 4.94. The summed E-state index contributed by atoms with van der Waals surface area (Å²) in [6.07, 6.45) is -1.12. The number of carboxylic acid groups (broad SMARTS) is 1. The highest BCUT2D eigenvalue weighted by Crippen LogP contribution is 2.32. The average Bonchev–Trinajstić information content (AvgIpc) is 2.60. The lowest BCUT2D eigenvalue weighted by atomic mass is 9.79. The molecule has 152 valence electrons. The van der Waals surface area contributed by atoms with E-state index in [0.29, 0.717) is 6.07 Å². The number of nitriles is 1. The summed E-state index contributed by atoms with van der Waals surface area (Å²) < 4.78 is 27.6. The molecule has 2 N–H and O–H groups in total. The Hall–Kier alpha value is -2.57. The molecular weight excluding hydrogens is 372 g/mol. The van der Waals surface area contributed by atoms with Crippen molar-refractivity contribution >= 4 is 11.9 Å². The van der Waals surface area contributed by atoms with Crippen LogP contribution in [0.5, 0.6) is 0 Å². The summed E-state index contributed by atoms with van der Waals surface area (Å²) in [5.41, 5.74) is -1.38. The molecular formula is C19H23F2N3O4. The zero-order chi connectivity index (χ0) is 21.2. The SMILES string of the molecule is CC(C)(C)C1[C@@H](CO)N(CC(=O)c2cc(C#N)c(F)cc2F)CCN1C(=O)O. The Morgan fingerprint density at radius 1 is 1.25 bits per heavy atom. The number of aliphatic hydroxyl groups is 1. The number of carbonyl (C=O) groups excluding carboxylic acids is 1.